The SMILES string of the molecule is [2H]c1c([2H])c(-c2cccc3c2oc2cccc(-c4nc(-c5ccccc5)nc(-c5ccc(-c6ccccc6)cc5)n4)c23)c([2H])c([2H])c1-c1ccc2ccccc2c1. The van der Waals surface area contributed by atoms with Crippen LogP contribution in [-0.2, 0) is 0 Å². The lowest BCUT2D eigenvalue weighted by atomic mass is 9.97. The van der Waals surface area contributed by atoms with Gasteiger partial charge in [-0.1, -0.05) is 176 Å². The second-order valence-electron chi connectivity index (χ2n) is 12.9. The van der Waals surface area contributed by atoms with E-state index in [2.05, 4.69) is 24.3 Å². The lowest BCUT2D eigenvalue weighted by Crippen LogP contribution is -2.00. The molecule has 0 spiro atoms. The molecule has 4 nitrogen and oxygen atoms in total. The Labute approximate surface area is 312 Å². The molecule has 2 heterocycles. The molecule has 0 N–H and O–H groups in total. The van der Waals surface area contributed by atoms with Crippen molar-refractivity contribution in [2.24, 2.45) is 0 Å². The number of furan rings is 1. The van der Waals surface area contributed by atoms with E-state index in [4.69, 9.17) is 22.1 Å². The molecule has 0 aliphatic rings. The fourth-order valence-electron chi connectivity index (χ4n) is 6.95. The predicted octanol–water partition coefficient (Wildman–Crippen LogP) is 12.9. The van der Waals surface area contributed by atoms with E-state index in [9.17, 15) is 2.74 Å². The van der Waals surface area contributed by atoms with Crippen molar-refractivity contribution in [1.29, 1.82) is 0 Å². The van der Waals surface area contributed by atoms with Crippen molar-refractivity contribution in [1.82, 2.24) is 15.0 Å². The van der Waals surface area contributed by atoms with E-state index in [-0.39, 0.29) is 35.3 Å². The quantitative estimate of drug-likeness (QED) is 0.175. The fourth-order valence-corrected chi connectivity index (χ4v) is 6.95. The van der Waals surface area contributed by atoms with Crippen LogP contribution in [0.25, 0.3) is 100 Å². The van der Waals surface area contributed by atoms with Crippen molar-refractivity contribution in [3.05, 3.63) is 188 Å². The Hall–Kier alpha value is -7.17. The topological polar surface area (TPSA) is 51.8 Å². The van der Waals surface area contributed by atoms with Crippen molar-refractivity contribution in [3.8, 4) is 67.5 Å². The molecule has 0 unspecified atom stereocenters. The summed E-state index contributed by atoms with van der Waals surface area (Å²) in [5, 5.41) is 3.50. The molecule has 248 valence electrons. The molecular formula is C49H31N3O. The van der Waals surface area contributed by atoms with Crippen LogP contribution in [0.4, 0.5) is 0 Å². The number of hydrogen-bond donors (Lipinski definition) is 0. The van der Waals surface area contributed by atoms with Crippen molar-refractivity contribution in [3.63, 3.8) is 0 Å². The van der Waals surface area contributed by atoms with Gasteiger partial charge in [0.25, 0.3) is 0 Å². The molecule has 0 saturated heterocycles. The summed E-state index contributed by atoms with van der Waals surface area (Å²) >= 11 is 0. The number of rotatable bonds is 6. The monoisotopic (exact) mass is 681 g/mol. The Balaban J connectivity index is 1.13. The molecular weight excluding hydrogens is 647 g/mol. The van der Waals surface area contributed by atoms with Gasteiger partial charge >= 0.3 is 0 Å². The number of para-hydroxylation sites is 1. The molecule has 0 fully saturated rings. The first kappa shape index (κ1) is 26.6. The van der Waals surface area contributed by atoms with Crippen LogP contribution in [0.1, 0.15) is 5.48 Å². The highest BCUT2D eigenvalue weighted by atomic mass is 16.3. The molecule has 0 amide bonds. The van der Waals surface area contributed by atoms with Crippen molar-refractivity contribution in [2.75, 3.05) is 0 Å². The molecule has 10 aromatic rings. The standard InChI is InChI=1S/C49H31N3O/c1-3-11-32(12-4-1)34-23-28-38(29-24-34)48-50-47(37-14-5-2-6-15-37)51-49(52-48)43-19-10-20-44-45(43)42-18-9-17-41(46(42)53-44)36-26-21-35(22-27-36)40-30-25-33-13-7-8-16-39(33)31-40/h1-31H/i21D,22D,26D,27D. The van der Waals surface area contributed by atoms with E-state index in [0.717, 1.165) is 49.4 Å². The number of fused-ring (bicyclic) bond motifs is 4. The Morgan fingerprint density at radius 1 is 0.377 bits per heavy atom. The van der Waals surface area contributed by atoms with E-state index >= 15 is 0 Å². The Morgan fingerprint density at radius 2 is 0.925 bits per heavy atom. The van der Waals surface area contributed by atoms with Crippen LogP contribution >= 0.6 is 0 Å². The van der Waals surface area contributed by atoms with E-state index in [1.165, 1.54) is 0 Å². The third-order valence-electron chi connectivity index (χ3n) is 9.61. The summed E-state index contributed by atoms with van der Waals surface area (Å²) in [5.74, 6) is 1.52. The first-order valence-corrected chi connectivity index (χ1v) is 17.4. The van der Waals surface area contributed by atoms with Crippen molar-refractivity contribution >= 4 is 32.7 Å². The van der Waals surface area contributed by atoms with Gasteiger partial charge in [0.2, 0.25) is 0 Å². The normalized spacial score (nSPS) is 12.5. The maximum atomic E-state index is 9.22. The molecule has 0 aliphatic heterocycles. The van der Waals surface area contributed by atoms with Crippen LogP contribution in [0.5, 0.6) is 0 Å². The molecule has 53 heavy (non-hydrogen) atoms. The summed E-state index contributed by atoms with van der Waals surface area (Å²) in [6, 6.07) is 52.7. The highest BCUT2D eigenvalue weighted by Gasteiger charge is 2.19. The third kappa shape index (κ3) is 5.63. The number of hydrogen-bond acceptors (Lipinski definition) is 4. The molecule has 4 heteroatoms. The fraction of sp³-hybridized carbons (Fsp3) is 0. The van der Waals surface area contributed by atoms with Gasteiger partial charge in [-0.3, -0.25) is 0 Å². The largest absolute Gasteiger partial charge is 0.455 e. The van der Waals surface area contributed by atoms with E-state index < -0.39 is 0 Å². The summed E-state index contributed by atoms with van der Waals surface area (Å²) in [7, 11) is 0. The highest BCUT2D eigenvalue weighted by molar-refractivity contribution is 6.15. The summed E-state index contributed by atoms with van der Waals surface area (Å²) in [4.78, 5) is 15.0. The van der Waals surface area contributed by atoms with Gasteiger partial charge in [0.05, 0.1) is 5.48 Å². The number of aromatic nitrogens is 3. The minimum Gasteiger partial charge on any atom is -0.455 e. The van der Waals surface area contributed by atoms with Gasteiger partial charge in [0, 0.05) is 33.0 Å². The summed E-state index contributed by atoms with van der Waals surface area (Å²) in [6.07, 6.45) is 0. The van der Waals surface area contributed by atoms with Gasteiger partial charge in [-0.05, 0) is 50.7 Å². The molecule has 2 aromatic heterocycles. The second-order valence-corrected chi connectivity index (χ2v) is 12.9. The van der Waals surface area contributed by atoms with Crippen LogP contribution in [0, 0.1) is 0 Å². The molecule has 0 aliphatic carbocycles. The molecule has 0 bridgehead atoms. The first-order valence-electron chi connectivity index (χ1n) is 19.4. The lowest BCUT2D eigenvalue weighted by molar-refractivity contribution is 0.670. The van der Waals surface area contributed by atoms with E-state index in [0.29, 0.717) is 39.8 Å². The molecule has 8 aromatic carbocycles. The van der Waals surface area contributed by atoms with Crippen LogP contribution < -0.4 is 0 Å². The van der Waals surface area contributed by atoms with Gasteiger partial charge in [-0.15, -0.1) is 0 Å². The van der Waals surface area contributed by atoms with Crippen LogP contribution in [-0.4, -0.2) is 15.0 Å². The minimum atomic E-state index is -0.139. The van der Waals surface area contributed by atoms with E-state index in [1.807, 2.05) is 133 Å². The molecule has 10 rings (SSSR count). The van der Waals surface area contributed by atoms with Crippen LogP contribution in [0.15, 0.2) is 192 Å². The second kappa shape index (κ2) is 12.9. The molecule has 0 radical (unpaired) electrons. The third-order valence-corrected chi connectivity index (χ3v) is 9.61. The zero-order valence-electron chi connectivity index (χ0n) is 32.3. The van der Waals surface area contributed by atoms with Gasteiger partial charge in [-0.2, -0.15) is 0 Å². The van der Waals surface area contributed by atoms with Gasteiger partial charge in [0.15, 0.2) is 17.5 Å². The lowest BCUT2D eigenvalue weighted by Gasteiger charge is -2.10. The van der Waals surface area contributed by atoms with E-state index in [1.54, 1.807) is 6.07 Å². The van der Waals surface area contributed by atoms with Crippen molar-refractivity contribution < 1.29 is 9.90 Å². The smallest absolute Gasteiger partial charge is 0.164 e. The average Bonchev–Trinajstić information content (AvgIpc) is 3.66. The zero-order chi connectivity index (χ0) is 38.6. The molecule has 0 saturated carbocycles. The van der Waals surface area contributed by atoms with Crippen LogP contribution in [0.3, 0.4) is 0 Å². The first-order chi connectivity index (χ1) is 27.9. The average molecular weight is 682 g/mol. The highest BCUT2D eigenvalue weighted by Crippen LogP contribution is 2.41. The maximum Gasteiger partial charge on any atom is 0.164 e. The summed E-state index contributed by atoms with van der Waals surface area (Å²) in [5.41, 5.74) is 7.20. The Bertz CT molecular complexity index is 3140. The molecule has 0 atom stereocenters. The number of nitrogens with zero attached hydrogens (tertiary/aromatic N) is 3. The minimum absolute atomic E-state index is 0.113. The zero-order valence-corrected chi connectivity index (χ0v) is 28.3. The van der Waals surface area contributed by atoms with Crippen LogP contribution in [0.2, 0.25) is 0 Å². The van der Waals surface area contributed by atoms with Gasteiger partial charge in [-0.25, -0.2) is 15.0 Å². The number of benzene rings is 8. The Kier molecular flexibility index (Phi) is 6.46. The summed E-state index contributed by atoms with van der Waals surface area (Å²) in [6.45, 7) is 0. The van der Waals surface area contributed by atoms with Crippen molar-refractivity contribution in [2.45, 2.75) is 0 Å². The Morgan fingerprint density at radius 3 is 1.68 bits per heavy atom. The predicted molar refractivity (Wildman–Crippen MR) is 217 cm³/mol. The van der Waals surface area contributed by atoms with Gasteiger partial charge in [0.1, 0.15) is 11.2 Å². The summed E-state index contributed by atoms with van der Waals surface area (Å²) < 4.78 is 43.3. The van der Waals surface area contributed by atoms with Gasteiger partial charge < -0.3 is 4.42 Å². The maximum absolute atomic E-state index is 9.22.